The number of aliphatic hydroxyl groups excluding tert-OH is 2. The van der Waals surface area contributed by atoms with Gasteiger partial charge in [-0.05, 0) is 57.4 Å². The topological polar surface area (TPSA) is 40.5 Å². The lowest BCUT2D eigenvalue weighted by molar-refractivity contribution is 0.168. The zero-order valence-electron chi connectivity index (χ0n) is 14.8. The summed E-state index contributed by atoms with van der Waals surface area (Å²) in [5.41, 5.74) is 4.93. The molecule has 1 rings (SSSR count). The highest BCUT2D eigenvalue weighted by Gasteiger charge is 2.32. The molecule has 0 aliphatic heterocycles. The summed E-state index contributed by atoms with van der Waals surface area (Å²) >= 11 is 0. The van der Waals surface area contributed by atoms with E-state index in [1.807, 2.05) is 25.2 Å². The number of allylic oxidation sites excluding steroid dienone is 5. The Balaban J connectivity index is 2.75. The van der Waals surface area contributed by atoms with E-state index < -0.39 is 0 Å². The van der Waals surface area contributed by atoms with Gasteiger partial charge < -0.3 is 10.2 Å². The van der Waals surface area contributed by atoms with E-state index in [1.165, 1.54) is 23.1 Å². The third kappa shape index (κ3) is 5.58. The van der Waals surface area contributed by atoms with E-state index in [0.29, 0.717) is 6.42 Å². The summed E-state index contributed by atoms with van der Waals surface area (Å²) in [7, 11) is 0. The Labute approximate surface area is 135 Å². The average molecular weight is 304 g/mol. The zero-order valence-corrected chi connectivity index (χ0v) is 14.8. The third-order valence-corrected chi connectivity index (χ3v) is 4.54. The van der Waals surface area contributed by atoms with Gasteiger partial charge in [0.2, 0.25) is 0 Å². The second-order valence-corrected chi connectivity index (χ2v) is 7.15. The van der Waals surface area contributed by atoms with Crippen LogP contribution < -0.4 is 0 Å². The van der Waals surface area contributed by atoms with Gasteiger partial charge in [0.25, 0.3) is 0 Å². The Kier molecular flexibility index (Phi) is 7.31. The standard InChI is InChI=1S/C20H32O2/c1-15(11-13-21)8-6-9-16(2)14-18(22)19-17(3)10-7-12-20(19,4)5/h6,8-9,11,18,21-22H,7,10,12-14H2,1-5H3/b8-6+,15-11+,16-9+. The Bertz CT molecular complexity index is 490. The molecular formula is C20H32O2. The second kappa shape index (κ2) is 8.50. The van der Waals surface area contributed by atoms with Crippen molar-refractivity contribution in [1.82, 2.24) is 0 Å². The van der Waals surface area contributed by atoms with Crippen molar-refractivity contribution in [3.63, 3.8) is 0 Å². The normalized spacial score (nSPS) is 21.6. The first kappa shape index (κ1) is 18.9. The molecule has 0 amide bonds. The molecule has 0 saturated carbocycles. The van der Waals surface area contributed by atoms with Crippen LogP contribution in [0, 0.1) is 5.41 Å². The molecule has 124 valence electrons. The van der Waals surface area contributed by atoms with E-state index in [9.17, 15) is 5.11 Å². The number of hydrogen-bond acceptors (Lipinski definition) is 2. The first-order valence-corrected chi connectivity index (χ1v) is 8.27. The van der Waals surface area contributed by atoms with Gasteiger partial charge in [-0.25, -0.2) is 0 Å². The molecule has 1 unspecified atom stereocenters. The SMILES string of the molecule is CC1=C(C(O)C/C(C)=C/C=C/C(C)=C/CO)C(C)(C)CCC1. The van der Waals surface area contributed by atoms with Gasteiger partial charge >= 0.3 is 0 Å². The summed E-state index contributed by atoms with van der Waals surface area (Å²) in [5.74, 6) is 0. The van der Waals surface area contributed by atoms with Crippen LogP contribution in [0.2, 0.25) is 0 Å². The molecule has 2 N–H and O–H groups in total. The van der Waals surface area contributed by atoms with Crippen molar-refractivity contribution in [3.05, 3.63) is 46.6 Å². The Morgan fingerprint density at radius 2 is 2.00 bits per heavy atom. The average Bonchev–Trinajstić information content (AvgIpc) is 2.37. The van der Waals surface area contributed by atoms with Crippen LogP contribution in [0.4, 0.5) is 0 Å². The summed E-state index contributed by atoms with van der Waals surface area (Å²) < 4.78 is 0. The molecule has 1 atom stereocenters. The van der Waals surface area contributed by atoms with Crippen LogP contribution in [0.1, 0.15) is 60.3 Å². The van der Waals surface area contributed by atoms with Gasteiger partial charge in [-0.15, -0.1) is 0 Å². The minimum Gasteiger partial charge on any atom is -0.392 e. The van der Waals surface area contributed by atoms with Crippen molar-refractivity contribution < 1.29 is 10.2 Å². The molecule has 0 radical (unpaired) electrons. The Morgan fingerprint density at radius 1 is 1.32 bits per heavy atom. The molecule has 1 aliphatic carbocycles. The van der Waals surface area contributed by atoms with Crippen molar-refractivity contribution in [3.8, 4) is 0 Å². The van der Waals surface area contributed by atoms with Gasteiger partial charge in [0.05, 0.1) is 12.7 Å². The van der Waals surface area contributed by atoms with Crippen LogP contribution in [0.3, 0.4) is 0 Å². The first-order valence-electron chi connectivity index (χ1n) is 8.27. The van der Waals surface area contributed by atoms with Gasteiger partial charge in [-0.2, -0.15) is 0 Å². The highest BCUT2D eigenvalue weighted by atomic mass is 16.3. The maximum Gasteiger partial charge on any atom is 0.0794 e. The number of aliphatic hydroxyl groups is 2. The molecule has 0 heterocycles. The molecule has 0 aromatic rings. The first-order chi connectivity index (χ1) is 10.3. The van der Waals surface area contributed by atoms with Crippen LogP contribution in [0.5, 0.6) is 0 Å². The second-order valence-electron chi connectivity index (χ2n) is 7.15. The fourth-order valence-electron chi connectivity index (χ4n) is 3.43. The molecule has 0 spiro atoms. The zero-order chi connectivity index (χ0) is 16.8. The predicted octanol–water partition coefficient (Wildman–Crippen LogP) is 4.71. The molecule has 0 fully saturated rings. The number of hydrogen-bond donors (Lipinski definition) is 2. The molecular weight excluding hydrogens is 272 g/mol. The third-order valence-electron chi connectivity index (χ3n) is 4.54. The van der Waals surface area contributed by atoms with Crippen molar-refractivity contribution in [2.75, 3.05) is 6.61 Å². The van der Waals surface area contributed by atoms with E-state index in [1.54, 1.807) is 6.08 Å². The van der Waals surface area contributed by atoms with E-state index in [-0.39, 0.29) is 18.1 Å². The lowest BCUT2D eigenvalue weighted by atomic mass is 9.70. The van der Waals surface area contributed by atoms with Crippen LogP contribution in [-0.4, -0.2) is 22.9 Å². The highest BCUT2D eigenvalue weighted by Crippen LogP contribution is 2.42. The number of rotatable bonds is 6. The fraction of sp³-hybridized carbons (Fsp3) is 0.600. The summed E-state index contributed by atoms with van der Waals surface area (Å²) in [4.78, 5) is 0. The molecule has 0 saturated heterocycles. The molecule has 0 aromatic heterocycles. The lowest BCUT2D eigenvalue weighted by Crippen LogP contribution is -2.29. The van der Waals surface area contributed by atoms with Crippen LogP contribution in [0.15, 0.2) is 46.6 Å². The minimum atomic E-state index is -0.381. The van der Waals surface area contributed by atoms with Crippen LogP contribution in [0.25, 0.3) is 0 Å². The van der Waals surface area contributed by atoms with Gasteiger partial charge in [-0.1, -0.05) is 54.9 Å². The monoisotopic (exact) mass is 304 g/mol. The van der Waals surface area contributed by atoms with E-state index in [2.05, 4.69) is 27.7 Å². The summed E-state index contributed by atoms with van der Waals surface area (Å²) in [6.45, 7) is 10.8. The smallest absolute Gasteiger partial charge is 0.0794 e. The minimum absolute atomic E-state index is 0.0695. The van der Waals surface area contributed by atoms with Gasteiger partial charge in [0.15, 0.2) is 0 Å². The van der Waals surface area contributed by atoms with Crippen LogP contribution in [-0.2, 0) is 0 Å². The summed E-state index contributed by atoms with van der Waals surface area (Å²) in [5, 5.41) is 19.5. The lowest BCUT2D eigenvalue weighted by Gasteiger charge is -2.37. The maximum absolute atomic E-state index is 10.7. The molecule has 0 bridgehead atoms. The highest BCUT2D eigenvalue weighted by molar-refractivity contribution is 5.28. The largest absolute Gasteiger partial charge is 0.392 e. The van der Waals surface area contributed by atoms with Gasteiger partial charge in [0.1, 0.15) is 0 Å². The van der Waals surface area contributed by atoms with E-state index in [0.717, 1.165) is 18.4 Å². The Morgan fingerprint density at radius 3 is 2.59 bits per heavy atom. The molecule has 2 nitrogen and oxygen atoms in total. The van der Waals surface area contributed by atoms with Crippen molar-refractivity contribution in [2.24, 2.45) is 5.41 Å². The van der Waals surface area contributed by atoms with E-state index in [4.69, 9.17) is 5.11 Å². The molecule has 0 aromatic carbocycles. The fourth-order valence-corrected chi connectivity index (χ4v) is 3.43. The molecule has 1 aliphatic rings. The van der Waals surface area contributed by atoms with Gasteiger partial charge in [0, 0.05) is 0 Å². The van der Waals surface area contributed by atoms with Crippen LogP contribution >= 0.6 is 0 Å². The van der Waals surface area contributed by atoms with Gasteiger partial charge in [-0.3, -0.25) is 0 Å². The molecule has 22 heavy (non-hydrogen) atoms. The van der Waals surface area contributed by atoms with Crippen molar-refractivity contribution in [1.29, 1.82) is 0 Å². The van der Waals surface area contributed by atoms with Crippen molar-refractivity contribution >= 4 is 0 Å². The Hall–Kier alpha value is -1.12. The summed E-state index contributed by atoms with van der Waals surface area (Å²) in [6, 6.07) is 0. The molecule has 2 heteroatoms. The quantitative estimate of drug-likeness (QED) is 0.551. The van der Waals surface area contributed by atoms with Crippen molar-refractivity contribution in [2.45, 2.75) is 66.4 Å². The predicted molar refractivity (Wildman–Crippen MR) is 94.7 cm³/mol. The maximum atomic E-state index is 10.7. The summed E-state index contributed by atoms with van der Waals surface area (Å²) in [6.07, 6.45) is 11.6. The van der Waals surface area contributed by atoms with E-state index >= 15 is 0 Å².